The maximum atomic E-state index is 13.2. The third-order valence-electron chi connectivity index (χ3n) is 3.23. The van der Waals surface area contributed by atoms with Gasteiger partial charge in [0.05, 0.1) is 29.2 Å². The number of hydrogen-bond donors (Lipinski definition) is 3. The largest absolute Gasteiger partial charge is 0.450 e. The molecule has 126 valence electrons. The molecule has 0 fully saturated rings. The highest BCUT2D eigenvalue weighted by molar-refractivity contribution is 5.83. The Bertz CT molecular complexity index is 730. The minimum Gasteiger partial charge on any atom is -0.450 e. The van der Waals surface area contributed by atoms with E-state index < -0.39 is 0 Å². The van der Waals surface area contributed by atoms with E-state index in [1.807, 2.05) is 19.9 Å². The van der Waals surface area contributed by atoms with Crippen LogP contribution in [0.2, 0.25) is 0 Å². The van der Waals surface area contributed by atoms with E-state index in [1.54, 1.807) is 18.2 Å². The molecule has 6 heteroatoms. The Morgan fingerprint density at radius 2 is 2.12 bits per heavy atom. The van der Waals surface area contributed by atoms with Gasteiger partial charge in [-0.05, 0) is 56.3 Å². The number of allylic oxidation sites excluding steroid dienone is 1. The number of benzene rings is 1. The van der Waals surface area contributed by atoms with Gasteiger partial charge >= 0.3 is 0 Å². The number of nitrogens with one attached hydrogen (secondary N) is 2. The molecule has 0 atom stereocenters. The van der Waals surface area contributed by atoms with E-state index in [1.165, 1.54) is 18.4 Å². The van der Waals surface area contributed by atoms with Crippen molar-refractivity contribution < 1.29 is 9.13 Å². The summed E-state index contributed by atoms with van der Waals surface area (Å²) >= 11 is 0. The number of halogens is 1. The fraction of sp³-hybridized carbons (Fsp3) is 0.167. The quantitative estimate of drug-likeness (QED) is 0.702. The number of rotatable bonds is 6. The zero-order chi connectivity index (χ0) is 17.5. The maximum Gasteiger partial charge on any atom is 0.189 e. The van der Waals surface area contributed by atoms with Crippen LogP contribution in [0.4, 0.5) is 4.39 Å². The van der Waals surface area contributed by atoms with Crippen LogP contribution in [-0.4, -0.2) is 12.4 Å². The molecule has 5 nitrogen and oxygen atoms in total. The molecule has 0 saturated carbocycles. The van der Waals surface area contributed by atoms with E-state index in [2.05, 4.69) is 22.2 Å². The third-order valence-corrected chi connectivity index (χ3v) is 3.23. The van der Waals surface area contributed by atoms with Gasteiger partial charge in [0.2, 0.25) is 0 Å². The van der Waals surface area contributed by atoms with Gasteiger partial charge in [-0.25, -0.2) is 9.38 Å². The first-order valence-electron chi connectivity index (χ1n) is 7.50. The van der Waals surface area contributed by atoms with Gasteiger partial charge in [-0.2, -0.15) is 0 Å². The number of aliphatic imine (C=N–C) groups is 1. The van der Waals surface area contributed by atoms with E-state index in [9.17, 15) is 4.39 Å². The molecule has 2 rings (SSSR count). The van der Waals surface area contributed by atoms with Crippen LogP contribution >= 0.6 is 0 Å². The fourth-order valence-corrected chi connectivity index (χ4v) is 2.08. The van der Waals surface area contributed by atoms with E-state index in [0.717, 1.165) is 5.84 Å². The molecule has 0 aromatic heterocycles. The number of amidine groups is 1. The van der Waals surface area contributed by atoms with Crippen LogP contribution in [0.3, 0.4) is 0 Å². The molecule has 0 radical (unpaired) electrons. The number of ether oxygens (including phenoxy) is 1. The lowest BCUT2D eigenvalue weighted by Crippen LogP contribution is -2.27. The van der Waals surface area contributed by atoms with Crippen molar-refractivity contribution in [1.29, 1.82) is 0 Å². The molecule has 0 unspecified atom stereocenters. The maximum absolute atomic E-state index is 13.2. The van der Waals surface area contributed by atoms with Crippen molar-refractivity contribution in [1.82, 2.24) is 10.6 Å². The predicted molar refractivity (Wildman–Crippen MR) is 94.9 cm³/mol. The van der Waals surface area contributed by atoms with Crippen LogP contribution in [0.15, 0.2) is 71.5 Å². The molecule has 0 saturated heterocycles. The Morgan fingerprint density at radius 3 is 2.75 bits per heavy atom. The summed E-state index contributed by atoms with van der Waals surface area (Å²) in [6, 6.07) is 5.94. The first-order chi connectivity index (χ1) is 11.5. The van der Waals surface area contributed by atoms with Crippen molar-refractivity contribution in [3.05, 3.63) is 77.9 Å². The first kappa shape index (κ1) is 17.3. The highest BCUT2D eigenvalue weighted by Crippen LogP contribution is 2.21. The van der Waals surface area contributed by atoms with Crippen LogP contribution < -0.4 is 16.4 Å². The molecule has 24 heavy (non-hydrogen) atoms. The van der Waals surface area contributed by atoms with Crippen molar-refractivity contribution >= 4 is 11.5 Å². The van der Waals surface area contributed by atoms with Gasteiger partial charge in [0.15, 0.2) is 5.88 Å². The van der Waals surface area contributed by atoms with Crippen molar-refractivity contribution in [3.8, 4) is 0 Å². The van der Waals surface area contributed by atoms with Crippen molar-refractivity contribution in [3.63, 3.8) is 0 Å². The molecule has 1 aromatic rings. The average molecular weight is 328 g/mol. The number of nitrogens with two attached hydrogens (primary N) is 1. The molecule has 1 aliphatic rings. The standard InChI is InChI=1S/C18H21FN4O/c1-4-11-24-13(3)23-18(16-9-10-21-12(2)22-16)17(20)14-5-7-15(19)8-6-14/h4-9,11,23H,3,10,20H2,1-2H3,(H,21,22)/b11-4-,18-17-. The smallest absolute Gasteiger partial charge is 0.189 e. The van der Waals surface area contributed by atoms with Gasteiger partial charge < -0.3 is 21.1 Å². The summed E-state index contributed by atoms with van der Waals surface area (Å²) in [7, 11) is 0. The van der Waals surface area contributed by atoms with Crippen LogP contribution in [-0.2, 0) is 4.74 Å². The van der Waals surface area contributed by atoms with Gasteiger partial charge in [-0.15, -0.1) is 0 Å². The molecule has 1 aliphatic heterocycles. The summed E-state index contributed by atoms with van der Waals surface area (Å²) in [6.07, 6.45) is 5.15. The molecule has 1 heterocycles. The summed E-state index contributed by atoms with van der Waals surface area (Å²) in [5.41, 5.74) is 8.60. The summed E-state index contributed by atoms with van der Waals surface area (Å²) in [5.74, 6) is 0.760. The Morgan fingerprint density at radius 1 is 1.42 bits per heavy atom. The van der Waals surface area contributed by atoms with E-state index >= 15 is 0 Å². The SMILES string of the molecule is C=C(N/C(C1=CCNC(C)=N1)=C(\N)c1ccc(F)cc1)O/C=C\C. The van der Waals surface area contributed by atoms with Crippen LogP contribution in [0.1, 0.15) is 19.4 Å². The summed E-state index contributed by atoms with van der Waals surface area (Å²) < 4.78 is 18.5. The van der Waals surface area contributed by atoms with Crippen LogP contribution in [0.5, 0.6) is 0 Å². The third kappa shape index (κ3) is 4.49. The second kappa shape index (κ2) is 8.01. The normalized spacial score (nSPS) is 15.1. The Balaban J connectivity index is 2.41. The lowest BCUT2D eigenvalue weighted by atomic mass is 10.1. The monoisotopic (exact) mass is 328 g/mol. The van der Waals surface area contributed by atoms with Crippen LogP contribution in [0, 0.1) is 5.82 Å². The van der Waals surface area contributed by atoms with Gasteiger partial charge in [0, 0.05) is 6.54 Å². The Labute approximate surface area is 141 Å². The Hall–Kier alpha value is -3.02. The predicted octanol–water partition coefficient (Wildman–Crippen LogP) is 2.97. The lowest BCUT2D eigenvalue weighted by molar-refractivity contribution is 0.327. The van der Waals surface area contributed by atoms with Gasteiger partial charge in [-0.3, -0.25) is 0 Å². The first-order valence-corrected chi connectivity index (χ1v) is 7.50. The molecule has 0 bridgehead atoms. The minimum atomic E-state index is -0.322. The van der Waals surface area contributed by atoms with Crippen LogP contribution in [0.25, 0.3) is 5.70 Å². The van der Waals surface area contributed by atoms with Crippen molar-refractivity contribution in [2.45, 2.75) is 13.8 Å². The van der Waals surface area contributed by atoms with Crippen molar-refractivity contribution in [2.75, 3.05) is 6.54 Å². The summed E-state index contributed by atoms with van der Waals surface area (Å²) in [6.45, 7) is 8.14. The summed E-state index contributed by atoms with van der Waals surface area (Å²) in [5, 5.41) is 6.15. The molecule has 0 amide bonds. The molecule has 0 spiro atoms. The lowest BCUT2D eigenvalue weighted by Gasteiger charge is -2.19. The molecular weight excluding hydrogens is 307 g/mol. The van der Waals surface area contributed by atoms with Gasteiger partial charge in [-0.1, -0.05) is 6.08 Å². The second-order valence-electron chi connectivity index (χ2n) is 5.10. The Kier molecular flexibility index (Phi) is 5.78. The highest BCUT2D eigenvalue weighted by Gasteiger charge is 2.15. The number of nitrogens with zero attached hydrogens (tertiary/aromatic N) is 1. The zero-order valence-corrected chi connectivity index (χ0v) is 13.8. The van der Waals surface area contributed by atoms with E-state index in [-0.39, 0.29) is 5.82 Å². The number of hydrogen-bond acceptors (Lipinski definition) is 5. The second-order valence-corrected chi connectivity index (χ2v) is 5.10. The van der Waals surface area contributed by atoms with E-state index in [4.69, 9.17) is 10.5 Å². The highest BCUT2D eigenvalue weighted by atomic mass is 19.1. The van der Waals surface area contributed by atoms with Crippen molar-refractivity contribution in [2.24, 2.45) is 10.7 Å². The molecule has 0 aliphatic carbocycles. The topological polar surface area (TPSA) is 71.7 Å². The molecule has 1 aromatic carbocycles. The zero-order valence-electron chi connectivity index (χ0n) is 13.8. The molecular formula is C18H21FN4O. The molecule has 4 N–H and O–H groups in total. The average Bonchev–Trinajstić information content (AvgIpc) is 2.58. The van der Waals surface area contributed by atoms with E-state index in [0.29, 0.717) is 35.1 Å². The van der Waals surface area contributed by atoms with Gasteiger partial charge in [0.1, 0.15) is 5.82 Å². The summed E-state index contributed by atoms with van der Waals surface area (Å²) in [4.78, 5) is 4.46. The van der Waals surface area contributed by atoms with Gasteiger partial charge in [0.25, 0.3) is 0 Å². The minimum absolute atomic E-state index is 0.306. The fourth-order valence-electron chi connectivity index (χ4n) is 2.08.